The molecule has 1 aliphatic carbocycles. The minimum absolute atomic E-state index is 0.154. The van der Waals surface area contributed by atoms with E-state index in [-0.39, 0.29) is 17.3 Å². The first-order valence-electron chi connectivity index (χ1n) is 7.97. The highest BCUT2D eigenvalue weighted by molar-refractivity contribution is 5.95. The summed E-state index contributed by atoms with van der Waals surface area (Å²) in [5.74, 6) is -0.490. The average molecular weight is 312 g/mol. The fraction of sp³-hybridized carbons (Fsp3) is 0.316. The van der Waals surface area contributed by atoms with Crippen LogP contribution in [0.4, 0.5) is 10.1 Å². The topological polar surface area (TPSA) is 41.1 Å². The molecule has 1 amide bonds. The lowest BCUT2D eigenvalue weighted by Crippen LogP contribution is -2.34. The number of benzene rings is 2. The molecule has 1 fully saturated rings. The third-order valence-corrected chi connectivity index (χ3v) is 4.52. The van der Waals surface area contributed by atoms with Gasteiger partial charge in [-0.1, -0.05) is 19.1 Å². The molecule has 0 radical (unpaired) electrons. The summed E-state index contributed by atoms with van der Waals surface area (Å²) in [6, 6.07) is 12.0. The highest BCUT2D eigenvalue weighted by Gasteiger charge is 2.45. The second kappa shape index (κ2) is 6.03. The third-order valence-electron chi connectivity index (χ3n) is 4.52. The van der Waals surface area contributed by atoms with Gasteiger partial charge in [-0.2, -0.15) is 0 Å². The van der Waals surface area contributed by atoms with Crippen LogP contribution in [0.3, 0.4) is 0 Å². The Morgan fingerprint density at radius 3 is 2.43 bits per heavy atom. The molecule has 0 bridgehead atoms. The van der Waals surface area contributed by atoms with Gasteiger partial charge in [-0.05, 0) is 60.7 Å². The number of amides is 1. The van der Waals surface area contributed by atoms with Crippen molar-refractivity contribution in [2.75, 3.05) is 12.4 Å². The number of hydrogen-bond donors (Lipinski definition) is 2. The Labute approximate surface area is 135 Å². The fourth-order valence-electron chi connectivity index (χ4n) is 2.93. The minimum Gasteiger partial charge on any atom is -0.388 e. The second-order valence-corrected chi connectivity index (χ2v) is 6.02. The molecule has 120 valence electrons. The van der Waals surface area contributed by atoms with Crippen molar-refractivity contribution >= 4 is 11.6 Å². The number of anilines is 1. The molecule has 0 unspecified atom stereocenters. The van der Waals surface area contributed by atoms with Gasteiger partial charge in [0.2, 0.25) is 0 Å². The Hall–Kier alpha value is -2.36. The van der Waals surface area contributed by atoms with E-state index >= 15 is 0 Å². The highest BCUT2D eigenvalue weighted by atomic mass is 19.1. The predicted molar refractivity (Wildman–Crippen MR) is 90.1 cm³/mol. The van der Waals surface area contributed by atoms with Gasteiger partial charge in [0.15, 0.2) is 0 Å². The molecule has 0 aromatic heterocycles. The van der Waals surface area contributed by atoms with Crippen LogP contribution in [0, 0.1) is 5.82 Å². The zero-order valence-electron chi connectivity index (χ0n) is 13.4. The standard InChI is InChI=1S/C19H21FN2O/c1-3-13-12-15(6-9-17(13)21-2)19(10-11-19)22-18(23)14-4-7-16(20)8-5-14/h4-9,12,21H,3,10-11H2,1-2H3,(H,22,23). The predicted octanol–water partition coefficient (Wildman–Crippen LogP) is 3.85. The molecule has 1 saturated carbocycles. The van der Waals surface area contributed by atoms with Gasteiger partial charge in [0.05, 0.1) is 5.54 Å². The Morgan fingerprint density at radius 2 is 1.87 bits per heavy atom. The number of halogens is 1. The van der Waals surface area contributed by atoms with Crippen molar-refractivity contribution in [3.05, 3.63) is 65.0 Å². The van der Waals surface area contributed by atoms with Crippen LogP contribution >= 0.6 is 0 Å². The van der Waals surface area contributed by atoms with Gasteiger partial charge in [-0.3, -0.25) is 4.79 Å². The molecule has 0 spiro atoms. The molecule has 4 heteroatoms. The van der Waals surface area contributed by atoms with Crippen molar-refractivity contribution in [2.45, 2.75) is 31.7 Å². The summed E-state index contributed by atoms with van der Waals surface area (Å²) in [6.45, 7) is 2.12. The molecule has 2 aromatic carbocycles. The van der Waals surface area contributed by atoms with E-state index in [9.17, 15) is 9.18 Å². The quantitative estimate of drug-likeness (QED) is 0.880. The fourth-order valence-corrected chi connectivity index (χ4v) is 2.93. The van der Waals surface area contributed by atoms with Crippen LogP contribution in [-0.2, 0) is 12.0 Å². The number of rotatable bonds is 5. The summed E-state index contributed by atoms with van der Waals surface area (Å²) >= 11 is 0. The molecule has 2 aromatic rings. The van der Waals surface area contributed by atoms with Gasteiger partial charge >= 0.3 is 0 Å². The molecular weight excluding hydrogens is 291 g/mol. The molecule has 2 N–H and O–H groups in total. The number of aryl methyl sites for hydroxylation is 1. The molecule has 23 heavy (non-hydrogen) atoms. The van der Waals surface area contributed by atoms with E-state index in [1.54, 1.807) is 0 Å². The first kappa shape index (κ1) is 15.5. The van der Waals surface area contributed by atoms with E-state index < -0.39 is 0 Å². The number of nitrogens with one attached hydrogen (secondary N) is 2. The maximum Gasteiger partial charge on any atom is 0.251 e. The second-order valence-electron chi connectivity index (χ2n) is 6.02. The van der Waals surface area contributed by atoms with Gasteiger partial charge in [0.25, 0.3) is 5.91 Å². The first-order valence-corrected chi connectivity index (χ1v) is 7.97. The van der Waals surface area contributed by atoms with Crippen LogP contribution in [0.1, 0.15) is 41.3 Å². The van der Waals surface area contributed by atoms with Crippen molar-refractivity contribution in [3.8, 4) is 0 Å². The lowest BCUT2D eigenvalue weighted by molar-refractivity contribution is 0.0931. The van der Waals surface area contributed by atoms with Gasteiger partial charge in [-0.15, -0.1) is 0 Å². The minimum atomic E-state index is -0.335. The summed E-state index contributed by atoms with van der Waals surface area (Å²) in [6.07, 6.45) is 2.80. The van der Waals surface area contributed by atoms with Gasteiger partial charge in [0, 0.05) is 18.3 Å². The molecular formula is C19H21FN2O. The van der Waals surface area contributed by atoms with Crippen molar-refractivity contribution in [3.63, 3.8) is 0 Å². The third kappa shape index (κ3) is 3.07. The zero-order chi connectivity index (χ0) is 16.4. The lowest BCUT2D eigenvalue weighted by atomic mass is 9.99. The molecule has 0 heterocycles. The lowest BCUT2D eigenvalue weighted by Gasteiger charge is -2.20. The van der Waals surface area contributed by atoms with Crippen LogP contribution in [0.15, 0.2) is 42.5 Å². The molecule has 3 nitrogen and oxygen atoms in total. The zero-order valence-corrected chi connectivity index (χ0v) is 13.4. The summed E-state index contributed by atoms with van der Waals surface area (Å²) in [7, 11) is 1.91. The first-order chi connectivity index (χ1) is 11.1. The summed E-state index contributed by atoms with van der Waals surface area (Å²) in [5.41, 5.74) is 3.72. The molecule has 0 aliphatic heterocycles. The Balaban J connectivity index is 1.82. The van der Waals surface area contributed by atoms with Crippen LogP contribution < -0.4 is 10.6 Å². The van der Waals surface area contributed by atoms with Crippen LogP contribution in [0.5, 0.6) is 0 Å². The van der Waals surface area contributed by atoms with E-state index in [0.29, 0.717) is 5.56 Å². The molecule has 0 saturated heterocycles. The monoisotopic (exact) mass is 312 g/mol. The van der Waals surface area contributed by atoms with Gasteiger partial charge in [-0.25, -0.2) is 4.39 Å². The normalized spacial score (nSPS) is 15.1. The van der Waals surface area contributed by atoms with E-state index in [2.05, 4.69) is 35.8 Å². The van der Waals surface area contributed by atoms with Crippen molar-refractivity contribution in [1.82, 2.24) is 5.32 Å². The Kier molecular flexibility index (Phi) is 4.07. The Morgan fingerprint density at radius 1 is 1.17 bits per heavy atom. The van der Waals surface area contributed by atoms with E-state index in [1.165, 1.54) is 29.8 Å². The summed E-state index contributed by atoms with van der Waals surface area (Å²) < 4.78 is 13.0. The van der Waals surface area contributed by atoms with Gasteiger partial charge < -0.3 is 10.6 Å². The number of carbonyl (C=O) groups is 1. The average Bonchev–Trinajstić information content (AvgIpc) is 3.35. The van der Waals surface area contributed by atoms with Gasteiger partial charge in [0.1, 0.15) is 5.82 Å². The van der Waals surface area contributed by atoms with Crippen LogP contribution in [-0.4, -0.2) is 13.0 Å². The summed E-state index contributed by atoms with van der Waals surface area (Å²) in [5, 5.41) is 6.32. The highest BCUT2D eigenvalue weighted by Crippen LogP contribution is 2.46. The SMILES string of the molecule is CCc1cc(C2(NC(=O)c3ccc(F)cc3)CC2)ccc1NC. The summed E-state index contributed by atoms with van der Waals surface area (Å²) in [4.78, 5) is 12.4. The van der Waals surface area contributed by atoms with Crippen molar-refractivity contribution in [2.24, 2.45) is 0 Å². The number of carbonyl (C=O) groups excluding carboxylic acids is 1. The molecule has 0 atom stereocenters. The maximum atomic E-state index is 13.0. The maximum absolute atomic E-state index is 13.0. The van der Waals surface area contributed by atoms with Crippen LogP contribution in [0.25, 0.3) is 0 Å². The number of hydrogen-bond acceptors (Lipinski definition) is 2. The van der Waals surface area contributed by atoms with E-state index in [4.69, 9.17) is 0 Å². The van der Waals surface area contributed by atoms with Crippen molar-refractivity contribution in [1.29, 1.82) is 0 Å². The molecule has 3 rings (SSSR count). The largest absolute Gasteiger partial charge is 0.388 e. The van der Waals surface area contributed by atoms with E-state index in [0.717, 1.165) is 30.5 Å². The smallest absolute Gasteiger partial charge is 0.251 e. The van der Waals surface area contributed by atoms with Crippen molar-refractivity contribution < 1.29 is 9.18 Å². The molecule has 1 aliphatic rings. The Bertz CT molecular complexity index is 721. The van der Waals surface area contributed by atoms with E-state index in [1.807, 2.05) is 7.05 Å². The van der Waals surface area contributed by atoms with Crippen LogP contribution in [0.2, 0.25) is 0 Å².